The molecule has 0 aliphatic heterocycles. The van der Waals surface area contributed by atoms with Crippen molar-refractivity contribution >= 4 is 10.9 Å². The minimum Gasteiger partial charge on any atom is -0.322 e. The second-order valence-electron chi connectivity index (χ2n) is 5.74. The first-order valence-corrected chi connectivity index (χ1v) is 7.51. The van der Waals surface area contributed by atoms with E-state index in [0.29, 0.717) is 6.54 Å². The van der Waals surface area contributed by atoms with Crippen LogP contribution in [-0.2, 0) is 13.1 Å². The van der Waals surface area contributed by atoms with Gasteiger partial charge >= 0.3 is 0 Å². The number of fused-ring (bicyclic) bond motifs is 1. The molecule has 0 radical (unpaired) electrons. The van der Waals surface area contributed by atoms with E-state index in [4.69, 9.17) is 0 Å². The predicted molar refractivity (Wildman–Crippen MR) is 91.0 cm³/mol. The van der Waals surface area contributed by atoms with Gasteiger partial charge in [-0.25, -0.2) is 0 Å². The van der Waals surface area contributed by atoms with Crippen LogP contribution in [0.3, 0.4) is 0 Å². The van der Waals surface area contributed by atoms with Crippen LogP contribution in [-0.4, -0.2) is 4.98 Å². The van der Waals surface area contributed by atoms with E-state index < -0.39 is 0 Å². The van der Waals surface area contributed by atoms with Crippen LogP contribution in [0.15, 0.2) is 53.3 Å². The molecular formula is C19H20N2O. The molecule has 3 nitrogen and oxygen atoms in total. The maximum Gasteiger partial charge on any atom is 0.252 e. The lowest BCUT2D eigenvalue weighted by atomic mass is 10.0. The van der Waals surface area contributed by atoms with Crippen LogP contribution >= 0.6 is 0 Å². The quantitative estimate of drug-likeness (QED) is 0.773. The molecule has 0 spiro atoms. The number of nitrogens with one attached hydrogen (secondary N) is 2. The second-order valence-corrected chi connectivity index (χ2v) is 5.74. The molecule has 0 aliphatic rings. The Morgan fingerprint density at radius 1 is 0.955 bits per heavy atom. The van der Waals surface area contributed by atoms with Crippen molar-refractivity contribution in [3.05, 3.63) is 81.1 Å². The Balaban J connectivity index is 1.80. The first-order valence-electron chi connectivity index (χ1n) is 7.51. The van der Waals surface area contributed by atoms with E-state index in [-0.39, 0.29) is 5.56 Å². The van der Waals surface area contributed by atoms with Crippen LogP contribution in [0.4, 0.5) is 0 Å². The first-order chi connectivity index (χ1) is 10.6. The molecule has 0 fully saturated rings. The average molecular weight is 292 g/mol. The summed E-state index contributed by atoms with van der Waals surface area (Å²) < 4.78 is 0. The summed E-state index contributed by atoms with van der Waals surface area (Å²) in [6.07, 6.45) is 0. The molecule has 0 bridgehead atoms. The predicted octanol–water partition coefficient (Wildman–Crippen LogP) is 3.43. The van der Waals surface area contributed by atoms with Gasteiger partial charge in [-0.3, -0.25) is 4.79 Å². The van der Waals surface area contributed by atoms with E-state index >= 15 is 0 Å². The molecule has 0 amide bonds. The lowest BCUT2D eigenvalue weighted by Crippen LogP contribution is -2.20. The van der Waals surface area contributed by atoms with Crippen molar-refractivity contribution in [3.63, 3.8) is 0 Å². The van der Waals surface area contributed by atoms with Gasteiger partial charge in [0.15, 0.2) is 0 Å². The number of pyridine rings is 1. The summed E-state index contributed by atoms with van der Waals surface area (Å²) in [5, 5.41) is 4.41. The largest absolute Gasteiger partial charge is 0.322 e. The molecule has 1 heterocycles. The van der Waals surface area contributed by atoms with E-state index in [1.54, 1.807) is 0 Å². The van der Waals surface area contributed by atoms with Gasteiger partial charge in [0, 0.05) is 24.2 Å². The minimum absolute atomic E-state index is 0.0173. The zero-order valence-corrected chi connectivity index (χ0v) is 12.9. The van der Waals surface area contributed by atoms with Gasteiger partial charge in [-0.15, -0.1) is 0 Å². The normalized spacial score (nSPS) is 11.0. The molecule has 0 aliphatic carbocycles. The third-order valence-electron chi connectivity index (χ3n) is 4.02. The number of hydrogen-bond acceptors (Lipinski definition) is 2. The molecule has 0 unspecified atom stereocenters. The van der Waals surface area contributed by atoms with Gasteiger partial charge in [-0.05, 0) is 54.1 Å². The van der Waals surface area contributed by atoms with Crippen molar-refractivity contribution in [2.45, 2.75) is 26.9 Å². The Bertz CT molecular complexity index is 850. The lowest BCUT2D eigenvalue weighted by Gasteiger charge is -2.08. The third kappa shape index (κ3) is 3.10. The van der Waals surface area contributed by atoms with Gasteiger partial charge < -0.3 is 10.3 Å². The number of H-pyrrole nitrogens is 1. The second kappa shape index (κ2) is 6.16. The summed E-state index contributed by atoms with van der Waals surface area (Å²) in [4.78, 5) is 15.2. The van der Waals surface area contributed by atoms with Gasteiger partial charge in [-0.1, -0.05) is 30.3 Å². The number of aromatic amines is 1. The van der Waals surface area contributed by atoms with E-state index in [1.807, 2.05) is 30.3 Å². The first kappa shape index (κ1) is 14.5. The van der Waals surface area contributed by atoms with Gasteiger partial charge in [0.2, 0.25) is 0 Å². The van der Waals surface area contributed by atoms with Crippen molar-refractivity contribution in [2.24, 2.45) is 0 Å². The van der Waals surface area contributed by atoms with Crippen molar-refractivity contribution in [1.29, 1.82) is 0 Å². The Labute approximate surface area is 130 Å². The molecule has 112 valence electrons. The van der Waals surface area contributed by atoms with Crippen LogP contribution in [0.25, 0.3) is 10.9 Å². The van der Waals surface area contributed by atoms with E-state index in [2.05, 4.69) is 42.3 Å². The van der Waals surface area contributed by atoms with Gasteiger partial charge in [0.25, 0.3) is 5.56 Å². The van der Waals surface area contributed by atoms with Crippen molar-refractivity contribution in [1.82, 2.24) is 10.3 Å². The standard InChI is InChI=1S/C19H20N2O/c1-13-8-16-10-17(19(22)21-18(16)9-14(13)2)12-20-11-15-6-4-3-5-7-15/h3-10,20H,11-12H2,1-2H3,(H,21,22). The summed E-state index contributed by atoms with van der Waals surface area (Å²) in [5.74, 6) is 0. The number of hydrogen-bond donors (Lipinski definition) is 2. The summed E-state index contributed by atoms with van der Waals surface area (Å²) in [6.45, 7) is 5.47. The maximum absolute atomic E-state index is 12.2. The SMILES string of the molecule is Cc1cc2cc(CNCc3ccccc3)c(=O)[nH]c2cc1C. The molecule has 0 saturated heterocycles. The summed E-state index contributed by atoms with van der Waals surface area (Å²) in [6, 6.07) is 16.3. The maximum atomic E-state index is 12.2. The monoisotopic (exact) mass is 292 g/mol. The molecule has 2 aromatic carbocycles. The highest BCUT2D eigenvalue weighted by Crippen LogP contribution is 2.17. The van der Waals surface area contributed by atoms with Crippen molar-refractivity contribution in [2.75, 3.05) is 0 Å². The summed E-state index contributed by atoms with van der Waals surface area (Å²) in [7, 11) is 0. The number of aromatic nitrogens is 1. The van der Waals surface area contributed by atoms with Gasteiger partial charge in [-0.2, -0.15) is 0 Å². The third-order valence-corrected chi connectivity index (χ3v) is 4.02. The van der Waals surface area contributed by atoms with Crippen LogP contribution in [0.5, 0.6) is 0 Å². The molecule has 0 atom stereocenters. The Hall–Kier alpha value is -2.39. The molecular weight excluding hydrogens is 272 g/mol. The molecule has 3 aromatic rings. The minimum atomic E-state index is -0.0173. The molecule has 0 saturated carbocycles. The fourth-order valence-corrected chi connectivity index (χ4v) is 2.59. The number of rotatable bonds is 4. The van der Waals surface area contributed by atoms with Crippen molar-refractivity contribution in [3.8, 4) is 0 Å². The average Bonchev–Trinajstić information content (AvgIpc) is 2.51. The highest BCUT2D eigenvalue weighted by Gasteiger charge is 2.04. The fourth-order valence-electron chi connectivity index (χ4n) is 2.59. The van der Waals surface area contributed by atoms with Crippen LogP contribution in [0.1, 0.15) is 22.3 Å². The molecule has 3 rings (SSSR count). The highest BCUT2D eigenvalue weighted by molar-refractivity contribution is 5.80. The molecule has 2 N–H and O–H groups in total. The van der Waals surface area contributed by atoms with E-state index in [1.165, 1.54) is 16.7 Å². The molecule has 22 heavy (non-hydrogen) atoms. The van der Waals surface area contributed by atoms with Crippen LogP contribution in [0, 0.1) is 13.8 Å². The fraction of sp³-hybridized carbons (Fsp3) is 0.211. The zero-order chi connectivity index (χ0) is 15.5. The summed E-state index contributed by atoms with van der Waals surface area (Å²) >= 11 is 0. The Morgan fingerprint density at radius 2 is 1.68 bits per heavy atom. The van der Waals surface area contributed by atoms with Gasteiger partial charge in [0.05, 0.1) is 0 Å². The smallest absolute Gasteiger partial charge is 0.252 e. The molecule has 3 heteroatoms. The number of aryl methyl sites for hydroxylation is 2. The molecule has 1 aromatic heterocycles. The topological polar surface area (TPSA) is 44.9 Å². The lowest BCUT2D eigenvalue weighted by molar-refractivity contribution is 0.688. The Morgan fingerprint density at radius 3 is 2.45 bits per heavy atom. The van der Waals surface area contributed by atoms with E-state index in [9.17, 15) is 4.79 Å². The van der Waals surface area contributed by atoms with Gasteiger partial charge in [0.1, 0.15) is 0 Å². The Kier molecular flexibility index (Phi) is 4.07. The van der Waals surface area contributed by atoms with E-state index in [0.717, 1.165) is 23.0 Å². The highest BCUT2D eigenvalue weighted by atomic mass is 16.1. The van der Waals surface area contributed by atoms with Crippen LogP contribution in [0.2, 0.25) is 0 Å². The van der Waals surface area contributed by atoms with Crippen LogP contribution < -0.4 is 10.9 Å². The number of benzene rings is 2. The zero-order valence-electron chi connectivity index (χ0n) is 12.9. The van der Waals surface area contributed by atoms with Crippen molar-refractivity contribution < 1.29 is 0 Å². The summed E-state index contributed by atoms with van der Waals surface area (Å²) in [5.41, 5.74) is 5.30.